The van der Waals surface area contributed by atoms with Gasteiger partial charge in [-0.05, 0) is 56.4 Å². The van der Waals surface area contributed by atoms with E-state index in [1.807, 2.05) is 13.8 Å². The van der Waals surface area contributed by atoms with Gasteiger partial charge in [-0.3, -0.25) is 19.2 Å². The number of aliphatic hydroxyl groups is 1. The van der Waals surface area contributed by atoms with Crippen LogP contribution in [0.25, 0.3) is 22.3 Å². The second-order valence-corrected chi connectivity index (χ2v) is 11.2. The molecule has 48 heavy (non-hydrogen) atoms. The lowest BCUT2D eigenvalue weighted by molar-refractivity contribution is -0.157. The number of aliphatic hydroxyl groups excluding tert-OH is 1. The lowest BCUT2D eigenvalue weighted by Crippen LogP contribution is -2.48. The van der Waals surface area contributed by atoms with Gasteiger partial charge in [-0.1, -0.05) is 13.8 Å². The number of halogens is 1. The molecule has 14 nitrogen and oxygen atoms in total. The van der Waals surface area contributed by atoms with Gasteiger partial charge < -0.3 is 40.8 Å². The predicted molar refractivity (Wildman–Crippen MR) is 173 cm³/mol. The van der Waals surface area contributed by atoms with Gasteiger partial charge in [0, 0.05) is 29.2 Å². The van der Waals surface area contributed by atoms with Crippen LogP contribution >= 0.6 is 0 Å². The normalized spacial score (nSPS) is 14.9. The Kier molecular flexibility index (Phi) is 12.0. The van der Waals surface area contributed by atoms with Crippen molar-refractivity contribution in [3.05, 3.63) is 62.2 Å². The molecule has 1 unspecified atom stereocenters. The number of nitrogens with zero attached hydrogens (tertiary/aromatic N) is 2. The van der Waals surface area contributed by atoms with E-state index in [4.69, 9.17) is 20.2 Å². The predicted octanol–water partition coefficient (Wildman–Crippen LogP) is 0.982. The summed E-state index contributed by atoms with van der Waals surface area (Å²) in [7, 11) is 0. The number of nitrogens with one attached hydrogen (secondary N) is 3. The number of esters is 1. The van der Waals surface area contributed by atoms with Crippen molar-refractivity contribution in [3.8, 4) is 11.4 Å². The Morgan fingerprint density at radius 2 is 1.90 bits per heavy atom. The van der Waals surface area contributed by atoms with Gasteiger partial charge in [-0.15, -0.1) is 0 Å². The molecular weight excluding hydrogens is 627 g/mol. The van der Waals surface area contributed by atoms with E-state index in [9.17, 15) is 33.5 Å². The van der Waals surface area contributed by atoms with E-state index in [0.29, 0.717) is 48.3 Å². The van der Waals surface area contributed by atoms with Gasteiger partial charge in [0.05, 0.1) is 42.1 Å². The van der Waals surface area contributed by atoms with Crippen LogP contribution in [0.15, 0.2) is 23.0 Å². The van der Waals surface area contributed by atoms with Crippen molar-refractivity contribution in [2.24, 2.45) is 5.73 Å². The molecule has 2 atom stereocenters. The molecule has 3 aromatic rings. The molecule has 4 heterocycles. The number of amides is 3. The van der Waals surface area contributed by atoms with Crippen LogP contribution in [0.5, 0.6) is 0 Å². The third-order valence-corrected chi connectivity index (χ3v) is 8.07. The summed E-state index contributed by atoms with van der Waals surface area (Å²) >= 11 is 0. The number of fused-ring (bicyclic) bond motifs is 5. The molecule has 3 amide bonds. The van der Waals surface area contributed by atoms with Crippen LogP contribution in [0.1, 0.15) is 67.5 Å². The number of aromatic nitrogens is 2. The standard InChI is InChI=1S/C31H35FN6O8.C2H6/c1-15-7-18-17(5-3-4-6-45-14-35-29(42)16(2)36-26(40)11-34-25(39)10-33)20-12-38-24(27(20)37-23(18)9-22(15)32)8-19-21(30(38)43)13-46-31(44)28(19)41;1-2/h7-9,16,28,41H,3-6,10-14,33H2,1-2H3,(H,34,39)(H,35,42)(H,36,40);1-2H3/t16-,28?;/m0./s1. The first kappa shape index (κ1) is 36.1. The summed E-state index contributed by atoms with van der Waals surface area (Å²) < 4.78 is 26.7. The van der Waals surface area contributed by atoms with Crippen LogP contribution < -0.4 is 27.2 Å². The Hall–Kier alpha value is -4.73. The van der Waals surface area contributed by atoms with Gasteiger partial charge in [0.15, 0.2) is 6.10 Å². The second-order valence-electron chi connectivity index (χ2n) is 11.2. The van der Waals surface area contributed by atoms with Crippen molar-refractivity contribution in [1.29, 1.82) is 0 Å². The number of carbonyl (C=O) groups is 4. The zero-order valence-corrected chi connectivity index (χ0v) is 27.4. The van der Waals surface area contributed by atoms with Gasteiger partial charge in [0.1, 0.15) is 25.2 Å². The minimum absolute atomic E-state index is 0.0734. The maximum absolute atomic E-state index is 14.6. The molecule has 258 valence electrons. The number of hydrogen-bond acceptors (Lipinski definition) is 10. The SMILES string of the molecule is CC.Cc1cc2c(CCCCOCNC(=O)[C@H](C)NC(=O)CNC(=O)CN)c3c(nc2cc1F)-c1cc2c(c(=O)n1C3)COC(=O)C2O. The first-order valence-electron chi connectivity index (χ1n) is 15.8. The maximum atomic E-state index is 14.6. The van der Waals surface area contributed by atoms with Crippen molar-refractivity contribution in [2.45, 2.75) is 72.3 Å². The van der Waals surface area contributed by atoms with E-state index < -0.39 is 41.7 Å². The van der Waals surface area contributed by atoms with Gasteiger partial charge in [-0.25, -0.2) is 14.2 Å². The summed E-state index contributed by atoms with van der Waals surface area (Å²) in [6.45, 7) is 6.89. The number of rotatable bonds is 12. The lowest BCUT2D eigenvalue weighted by Gasteiger charge is -2.21. The Morgan fingerprint density at radius 3 is 2.62 bits per heavy atom. The molecule has 0 fully saturated rings. The monoisotopic (exact) mass is 668 g/mol. The molecule has 2 aromatic heterocycles. The van der Waals surface area contributed by atoms with Crippen LogP contribution in [0, 0.1) is 12.7 Å². The lowest BCUT2D eigenvalue weighted by atomic mass is 9.94. The highest BCUT2D eigenvalue weighted by atomic mass is 19.1. The molecule has 0 radical (unpaired) electrons. The number of hydrogen-bond donors (Lipinski definition) is 5. The number of ether oxygens (including phenoxy) is 2. The topological polar surface area (TPSA) is 204 Å². The Bertz CT molecular complexity index is 1790. The summed E-state index contributed by atoms with van der Waals surface area (Å²) in [5.74, 6) is -2.71. The van der Waals surface area contributed by atoms with Gasteiger partial charge in [0.25, 0.3) is 5.56 Å². The third-order valence-electron chi connectivity index (χ3n) is 8.07. The number of pyridine rings is 2. The minimum Gasteiger partial charge on any atom is -0.458 e. The van der Waals surface area contributed by atoms with E-state index in [2.05, 4.69) is 16.0 Å². The Labute approximate surface area is 276 Å². The fraction of sp³-hybridized carbons (Fsp3) is 0.455. The van der Waals surface area contributed by atoms with Crippen LogP contribution in [-0.2, 0) is 48.2 Å². The van der Waals surface area contributed by atoms with E-state index in [1.165, 1.54) is 13.0 Å². The number of cyclic esters (lactones) is 1. The van der Waals surface area contributed by atoms with Gasteiger partial charge in [0.2, 0.25) is 17.7 Å². The number of aryl methyl sites for hydroxylation is 2. The number of unbranched alkanes of at least 4 members (excludes halogenated alkanes) is 1. The zero-order chi connectivity index (χ0) is 35.1. The van der Waals surface area contributed by atoms with E-state index in [1.54, 1.807) is 23.6 Å². The molecule has 6 N–H and O–H groups in total. The molecule has 0 saturated carbocycles. The molecule has 2 aliphatic heterocycles. The number of nitrogens with two attached hydrogens (primary N) is 1. The third kappa shape index (κ3) is 7.69. The minimum atomic E-state index is -1.58. The quantitative estimate of drug-likeness (QED) is 0.0823. The van der Waals surface area contributed by atoms with Crippen molar-refractivity contribution in [2.75, 3.05) is 26.4 Å². The molecule has 0 aliphatic carbocycles. The number of benzene rings is 1. The summed E-state index contributed by atoms with van der Waals surface area (Å²) in [4.78, 5) is 65.4. The molecule has 1 aromatic carbocycles. The summed E-state index contributed by atoms with van der Waals surface area (Å²) in [6.07, 6.45) is 0.279. The highest BCUT2D eigenvalue weighted by Gasteiger charge is 2.34. The van der Waals surface area contributed by atoms with Gasteiger partial charge >= 0.3 is 5.97 Å². The Morgan fingerprint density at radius 1 is 1.15 bits per heavy atom. The second kappa shape index (κ2) is 15.9. The van der Waals surface area contributed by atoms with Crippen molar-refractivity contribution >= 4 is 34.6 Å². The maximum Gasteiger partial charge on any atom is 0.340 e. The molecule has 15 heteroatoms. The molecule has 0 bridgehead atoms. The average molecular weight is 669 g/mol. The van der Waals surface area contributed by atoms with Crippen LogP contribution in [0.4, 0.5) is 4.39 Å². The molecular formula is C33H41FN6O8. The smallest absolute Gasteiger partial charge is 0.340 e. The van der Waals surface area contributed by atoms with Gasteiger partial charge in [-0.2, -0.15) is 0 Å². The largest absolute Gasteiger partial charge is 0.458 e. The average Bonchev–Trinajstić information content (AvgIpc) is 3.44. The highest BCUT2D eigenvalue weighted by Crippen LogP contribution is 2.38. The highest BCUT2D eigenvalue weighted by molar-refractivity contribution is 5.90. The fourth-order valence-electron chi connectivity index (χ4n) is 5.59. The van der Waals surface area contributed by atoms with Crippen molar-refractivity contribution < 1.29 is 38.1 Å². The summed E-state index contributed by atoms with van der Waals surface area (Å²) in [6, 6.07) is 3.86. The van der Waals surface area contributed by atoms with Crippen molar-refractivity contribution in [3.63, 3.8) is 0 Å². The number of carbonyl (C=O) groups excluding carboxylic acids is 4. The molecule has 2 aliphatic rings. The van der Waals surface area contributed by atoms with Crippen molar-refractivity contribution in [1.82, 2.24) is 25.5 Å². The first-order chi connectivity index (χ1) is 23.0. The molecule has 0 saturated heterocycles. The Balaban J connectivity index is 0.00000255. The van der Waals surface area contributed by atoms with E-state index in [-0.39, 0.29) is 49.7 Å². The first-order valence-corrected chi connectivity index (χ1v) is 15.8. The van der Waals surface area contributed by atoms with Crippen LogP contribution in [0.2, 0.25) is 0 Å². The summed E-state index contributed by atoms with van der Waals surface area (Å²) in [5.41, 5.74) is 8.76. The van der Waals surface area contributed by atoms with Crippen LogP contribution in [0.3, 0.4) is 0 Å². The summed E-state index contributed by atoms with van der Waals surface area (Å²) in [5, 5.41) is 18.5. The van der Waals surface area contributed by atoms with Crippen LogP contribution in [-0.4, -0.2) is 70.8 Å². The molecule has 0 spiro atoms. The van der Waals surface area contributed by atoms with E-state index in [0.717, 1.165) is 16.5 Å². The van der Waals surface area contributed by atoms with E-state index >= 15 is 0 Å². The molecule has 5 rings (SSSR count). The zero-order valence-electron chi connectivity index (χ0n) is 27.4. The fourth-order valence-corrected chi connectivity index (χ4v) is 5.59.